The number of amides is 1. The van der Waals surface area contributed by atoms with Crippen LogP contribution < -0.4 is 10.5 Å². The average Bonchev–Trinajstić information content (AvgIpc) is 3.64. The quantitative estimate of drug-likeness (QED) is 0.0771. The number of cyclic esters (lactones) is 1. The zero-order chi connectivity index (χ0) is 59.0. The second-order valence-electron chi connectivity index (χ2n) is 22.8. The van der Waals surface area contributed by atoms with Gasteiger partial charge in [-0.1, -0.05) is 88.3 Å². The van der Waals surface area contributed by atoms with E-state index in [9.17, 15) is 39.3 Å². The number of allylic oxidation sites excluding steroid dienone is 6. The van der Waals surface area contributed by atoms with Crippen molar-refractivity contribution in [1.29, 1.82) is 0 Å². The molecule has 1 aromatic heterocycles. The van der Waals surface area contributed by atoms with Crippen molar-refractivity contribution in [3.05, 3.63) is 89.8 Å². The van der Waals surface area contributed by atoms with E-state index in [2.05, 4.69) is 15.9 Å². The molecule has 2 bridgehead atoms. The van der Waals surface area contributed by atoms with Crippen LogP contribution in [-0.4, -0.2) is 147 Å². The van der Waals surface area contributed by atoms with E-state index in [-0.39, 0.29) is 68.0 Å². The number of aliphatic hydroxyl groups is 3. The van der Waals surface area contributed by atoms with Crippen LogP contribution in [0, 0.1) is 41.9 Å². The predicted octanol–water partition coefficient (Wildman–Crippen LogP) is 6.91. The lowest BCUT2D eigenvalue weighted by Crippen LogP contribution is -2.61. The number of rotatable bonds is 11. The molecule has 3 fully saturated rings. The molecule has 81 heavy (non-hydrogen) atoms. The number of hydrogen-bond acceptors (Lipinski definition) is 17. The maximum absolute atomic E-state index is 14.6. The van der Waals surface area contributed by atoms with E-state index in [0.717, 1.165) is 27.2 Å². The number of nitrogens with zero attached hydrogens (tertiary/aromatic N) is 3. The van der Waals surface area contributed by atoms with Gasteiger partial charge in [0.05, 0.1) is 31.0 Å². The molecule has 3 aliphatic heterocycles. The smallest absolute Gasteiger partial charge is 0.329 e. The number of hydrogen-bond donors (Lipinski definition) is 4. The summed E-state index contributed by atoms with van der Waals surface area (Å²) in [5, 5.41) is 34.4. The molecule has 1 aromatic carbocycles. The Labute approximate surface area is 477 Å². The van der Waals surface area contributed by atoms with Gasteiger partial charge >= 0.3 is 12.0 Å². The van der Waals surface area contributed by atoms with Crippen molar-refractivity contribution < 1.29 is 67.7 Å². The van der Waals surface area contributed by atoms with Crippen LogP contribution >= 0.6 is 0 Å². The van der Waals surface area contributed by atoms with Crippen LogP contribution in [-0.2, 0) is 54.3 Å². The van der Waals surface area contributed by atoms with Crippen molar-refractivity contribution in [1.82, 2.24) is 14.9 Å². The zero-order valence-electron chi connectivity index (χ0n) is 48.4. The Bertz CT molecular complexity index is 2630. The topological polar surface area (TPSA) is 256 Å². The summed E-state index contributed by atoms with van der Waals surface area (Å²) in [6.45, 7) is 10.8. The lowest BCUT2D eigenvalue weighted by molar-refractivity contribution is -0.265. The van der Waals surface area contributed by atoms with Gasteiger partial charge in [0.2, 0.25) is 5.79 Å². The Morgan fingerprint density at radius 1 is 0.877 bits per heavy atom. The second kappa shape index (κ2) is 30.5. The third-order valence-corrected chi connectivity index (χ3v) is 16.6. The van der Waals surface area contributed by atoms with Gasteiger partial charge in [0, 0.05) is 75.4 Å². The first-order valence-corrected chi connectivity index (χ1v) is 28.7. The van der Waals surface area contributed by atoms with Crippen molar-refractivity contribution >= 4 is 29.2 Å². The van der Waals surface area contributed by atoms with Crippen molar-refractivity contribution in [2.24, 2.45) is 35.3 Å². The molecule has 18 heteroatoms. The van der Waals surface area contributed by atoms with Gasteiger partial charge in [0.1, 0.15) is 30.1 Å². The maximum atomic E-state index is 14.6. The lowest BCUT2D eigenvalue weighted by atomic mass is 9.80. The fourth-order valence-corrected chi connectivity index (χ4v) is 11.5. The predicted molar refractivity (Wildman–Crippen MR) is 304 cm³/mol. The van der Waals surface area contributed by atoms with Crippen LogP contribution in [0.3, 0.4) is 0 Å². The van der Waals surface area contributed by atoms with Crippen LogP contribution in [0.5, 0.6) is 6.01 Å². The molecule has 0 radical (unpaired) electrons. The SMILES string of the molecule is C#CCOc1ncc(-c2cccc(CO[C@@H]3CC[C@@H](C[C@@H](N)[C@@H]4CC(=O)[C@H](C)/C=C(\C)[C@@H](O)[C@@H](O)C(=O)[C@H](C)C[C@H](C)/C=C/C=C/C=C(\C)[C@@H](OC)C[C@@H]5CC[C@@H](C)[C@@](O)(O5)C(=O)C(=O)N5CCCC[C@H]5C(=O)O4)C[C@H]3OC)c2)cn1. The second-order valence-corrected chi connectivity index (χ2v) is 22.8. The van der Waals surface area contributed by atoms with E-state index in [1.54, 1.807) is 47.4 Å². The van der Waals surface area contributed by atoms with Crippen molar-refractivity contribution in [3.63, 3.8) is 0 Å². The first-order valence-electron chi connectivity index (χ1n) is 28.7. The molecule has 4 heterocycles. The largest absolute Gasteiger partial charge is 0.459 e. The monoisotopic (exact) mass is 1120 g/mol. The van der Waals surface area contributed by atoms with Gasteiger partial charge in [-0.3, -0.25) is 19.2 Å². The van der Waals surface area contributed by atoms with E-state index in [0.29, 0.717) is 64.4 Å². The van der Waals surface area contributed by atoms with E-state index in [4.69, 9.17) is 40.6 Å². The standard InChI is InChI=1S/C63H86N4O14/c1-10-27-78-62-65-35-47(36-66-62)46-20-16-19-45(30-46)37-79-52-25-23-44(32-55(52)77-9)31-49(64)54-34-51(68)40(4)29-42(6)57(70)58(71)56(69)41(5)28-38(2)17-12-11-13-18-39(3)53(76-8)33-48-24-22-43(7)63(75,81-48)59(72)60(73)67-26-15-14-21-50(67)61(74)80-54/h1,11-13,16-20,29-30,35-36,38,40-41,43-44,48-50,52-55,57-58,70-71,75H,14-15,21-28,31-34,37,64H2,2-9H3/b13-11+,17-12+,39-18+,42-29+/t38-,40-,41-,43-,44+,48+,49-,50+,52-,53+,54+,55-,57-,58+,63-/m1/s1. The number of benzene rings is 1. The molecule has 0 unspecified atom stereocenters. The summed E-state index contributed by atoms with van der Waals surface area (Å²) in [5.41, 5.74) is 10.7. The zero-order valence-corrected chi connectivity index (χ0v) is 48.4. The molecule has 2 saturated heterocycles. The van der Waals surface area contributed by atoms with E-state index >= 15 is 0 Å². The Hall–Kier alpha value is -5.75. The minimum absolute atomic E-state index is 0.0315. The number of nitrogens with two attached hydrogens (primary N) is 1. The van der Waals surface area contributed by atoms with Crippen LogP contribution in [0.15, 0.2) is 84.3 Å². The number of Topliss-reactive ketones (excluding diaryl/α,β-unsaturated/α-hetero) is 3. The number of aromatic nitrogens is 2. The molecule has 1 aliphatic carbocycles. The minimum atomic E-state index is -2.48. The summed E-state index contributed by atoms with van der Waals surface area (Å²) in [5.74, 6) is -6.46. The number of carbonyl (C=O) groups excluding carboxylic acids is 5. The molecule has 442 valence electrons. The average molecular weight is 1120 g/mol. The number of ether oxygens (including phenoxy) is 6. The van der Waals surface area contributed by atoms with Gasteiger partial charge in [-0.2, -0.15) is 0 Å². The molecular weight excluding hydrogens is 1040 g/mol. The maximum Gasteiger partial charge on any atom is 0.329 e. The highest BCUT2D eigenvalue weighted by Gasteiger charge is 2.53. The van der Waals surface area contributed by atoms with Crippen molar-refractivity contribution in [2.45, 2.75) is 186 Å². The highest BCUT2D eigenvalue weighted by Crippen LogP contribution is 2.38. The number of carbonyl (C=O) groups is 5. The summed E-state index contributed by atoms with van der Waals surface area (Å²) in [6, 6.07) is 5.93. The summed E-state index contributed by atoms with van der Waals surface area (Å²) in [4.78, 5) is 80.8. The van der Waals surface area contributed by atoms with Crippen LogP contribution in [0.25, 0.3) is 11.1 Å². The molecule has 15 atom stereocenters. The van der Waals surface area contributed by atoms with Gasteiger partial charge in [0.15, 0.2) is 12.4 Å². The Morgan fingerprint density at radius 3 is 2.35 bits per heavy atom. The number of terminal acetylenes is 1. The van der Waals surface area contributed by atoms with Gasteiger partial charge in [0.25, 0.3) is 11.7 Å². The van der Waals surface area contributed by atoms with Gasteiger partial charge in [-0.25, -0.2) is 14.8 Å². The third kappa shape index (κ3) is 17.4. The summed E-state index contributed by atoms with van der Waals surface area (Å²) in [6.07, 6.45) is 17.8. The molecule has 0 spiro atoms. The lowest BCUT2D eigenvalue weighted by Gasteiger charge is -2.42. The van der Waals surface area contributed by atoms with Gasteiger partial charge in [-0.15, -0.1) is 6.42 Å². The van der Waals surface area contributed by atoms with Crippen LogP contribution in [0.4, 0.5) is 0 Å². The highest BCUT2D eigenvalue weighted by molar-refractivity contribution is 6.39. The third-order valence-electron chi connectivity index (χ3n) is 16.6. The molecule has 2 aromatic rings. The summed E-state index contributed by atoms with van der Waals surface area (Å²) in [7, 11) is 3.19. The number of ketones is 3. The Balaban J connectivity index is 1.22. The molecule has 1 saturated carbocycles. The highest BCUT2D eigenvalue weighted by atomic mass is 16.6. The number of fused-ring (bicyclic) bond motifs is 3. The van der Waals surface area contributed by atoms with E-state index in [1.807, 2.05) is 68.5 Å². The molecule has 6 rings (SSSR count). The van der Waals surface area contributed by atoms with Crippen LogP contribution in [0.1, 0.15) is 124 Å². The van der Waals surface area contributed by atoms with Gasteiger partial charge < -0.3 is 54.4 Å². The molecule has 4 aliphatic rings. The molecular formula is C63H86N4O14. The van der Waals surface area contributed by atoms with Crippen molar-refractivity contribution in [3.8, 4) is 29.5 Å². The van der Waals surface area contributed by atoms with Crippen LogP contribution in [0.2, 0.25) is 0 Å². The van der Waals surface area contributed by atoms with Gasteiger partial charge in [-0.05, 0) is 118 Å². The van der Waals surface area contributed by atoms with E-state index in [1.165, 1.54) is 13.0 Å². The molecule has 1 amide bonds. The minimum Gasteiger partial charge on any atom is -0.459 e. The normalized spacial score (nSPS) is 34.5. The Morgan fingerprint density at radius 2 is 1.63 bits per heavy atom. The summed E-state index contributed by atoms with van der Waals surface area (Å²) < 4.78 is 36.1. The number of piperidine rings is 1. The number of esters is 1. The molecule has 18 nitrogen and oxygen atoms in total. The first-order chi connectivity index (χ1) is 38.7. The number of aliphatic hydroxyl groups excluding tert-OH is 2. The number of methoxy groups -OCH3 is 2. The fourth-order valence-electron chi connectivity index (χ4n) is 11.5. The first kappa shape index (κ1) is 64.4. The van der Waals surface area contributed by atoms with E-state index < -0.39 is 95.4 Å². The Kier molecular flexibility index (Phi) is 24.3. The fraction of sp³-hybridized carbons (Fsp3) is 0.603. The molecule has 5 N–H and O–H groups in total. The summed E-state index contributed by atoms with van der Waals surface area (Å²) >= 11 is 0. The van der Waals surface area contributed by atoms with Crippen molar-refractivity contribution in [2.75, 3.05) is 27.4 Å².